The summed E-state index contributed by atoms with van der Waals surface area (Å²) in [5, 5.41) is 7.85. The van der Waals surface area contributed by atoms with Crippen LogP contribution in [-0.2, 0) is 17.7 Å². The molecule has 0 atom stereocenters. The van der Waals surface area contributed by atoms with Crippen molar-refractivity contribution in [3.8, 4) is 0 Å². The number of aryl methyl sites for hydroxylation is 1. The molecule has 0 aliphatic carbocycles. The van der Waals surface area contributed by atoms with Crippen LogP contribution in [0.25, 0.3) is 0 Å². The number of aromatic nitrogens is 3. The number of hydrogen-bond donors (Lipinski definition) is 0. The third-order valence-corrected chi connectivity index (χ3v) is 2.48. The van der Waals surface area contributed by atoms with Crippen molar-refractivity contribution in [2.45, 2.75) is 32.2 Å². The molecule has 0 spiro atoms. The van der Waals surface area contributed by atoms with Gasteiger partial charge in [0.25, 0.3) is 0 Å². The fourth-order valence-electron chi connectivity index (χ4n) is 1.73. The molecule has 0 saturated heterocycles. The standard InChI is InChI=1S/C9H13N3O2/c1-14-9(13)8-11-10-7-5-3-2-4-6-12(7)8/h2-6H2,1H3. The number of methoxy groups -OCH3 is 1. The number of ether oxygens (including phenoxy) is 1. The molecule has 14 heavy (non-hydrogen) atoms. The quantitative estimate of drug-likeness (QED) is 0.622. The number of esters is 1. The molecule has 0 saturated carbocycles. The molecule has 1 aliphatic rings. The van der Waals surface area contributed by atoms with E-state index in [1.165, 1.54) is 13.5 Å². The van der Waals surface area contributed by atoms with Crippen LogP contribution in [0.3, 0.4) is 0 Å². The molecule has 1 aromatic heterocycles. The lowest BCUT2D eigenvalue weighted by molar-refractivity contribution is 0.0580. The summed E-state index contributed by atoms with van der Waals surface area (Å²) in [5.74, 6) is 0.845. The molecular weight excluding hydrogens is 182 g/mol. The lowest BCUT2D eigenvalue weighted by Gasteiger charge is -2.04. The summed E-state index contributed by atoms with van der Waals surface area (Å²) in [5.41, 5.74) is 0. The van der Waals surface area contributed by atoms with Gasteiger partial charge in [-0.15, -0.1) is 10.2 Å². The molecule has 0 amide bonds. The Bertz CT molecular complexity index is 346. The number of carbonyl (C=O) groups excluding carboxylic acids is 1. The first-order valence-electron chi connectivity index (χ1n) is 4.83. The van der Waals surface area contributed by atoms with E-state index in [0.717, 1.165) is 31.6 Å². The molecular formula is C9H13N3O2. The summed E-state index contributed by atoms with van der Waals surface area (Å²) in [4.78, 5) is 11.3. The van der Waals surface area contributed by atoms with Crippen molar-refractivity contribution in [2.24, 2.45) is 0 Å². The van der Waals surface area contributed by atoms with Crippen molar-refractivity contribution in [1.29, 1.82) is 0 Å². The topological polar surface area (TPSA) is 57.0 Å². The van der Waals surface area contributed by atoms with Gasteiger partial charge in [0, 0.05) is 13.0 Å². The second-order valence-corrected chi connectivity index (χ2v) is 3.39. The Hall–Kier alpha value is -1.39. The summed E-state index contributed by atoms with van der Waals surface area (Å²) in [6.07, 6.45) is 4.29. The van der Waals surface area contributed by atoms with Crippen LogP contribution >= 0.6 is 0 Å². The third kappa shape index (κ3) is 1.49. The zero-order valence-electron chi connectivity index (χ0n) is 8.19. The number of nitrogens with zero attached hydrogens (tertiary/aromatic N) is 3. The number of carbonyl (C=O) groups is 1. The highest BCUT2D eigenvalue weighted by molar-refractivity contribution is 5.85. The van der Waals surface area contributed by atoms with Crippen molar-refractivity contribution in [3.05, 3.63) is 11.6 Å². The van der Waals surface area contributed by atoms with Gasteiger partial charge in [-0.05, 0) is 12.8 Å². The van der Waals surface area contributed by atoms with Crippen LogP contribution in [0.15, 0.2) is 0 Å². The molecule has 5 nitrogen and oxygen atoms in total. The SMILES string of the molecule is COC(=O)c1nnc2n1CCCCC2. The van der Waals surface area contributed by atoms with Gasteiger partial charge in [0.1, 0.15) is 5.82 Å². The Morgan fingerprint density at radius 1 is 1.36 bits per heavy atom. The van der Waals surface area contributed by atoms with Crippen molar-refractivity contribution < 1.29 is 9.53 Å². The maximum absolute atomic E-state index is 11.3. The third-order valence-electron chi connectivity index (χ3n) is 2.48. The Kier molecular flexibility index (Phi) is 2.47. The second kappa shape index (κ2) is 3.77. The van der Waals surface area contributed by atoms with Gasteiger partial charge in [0.15, 0.2) is 0 Å². The first kappa shape index (κ1) is 9.18. The van der Waals surface area contributed by atoms with Gasteiger partial charge in [-0.1, -0.05) is 6.42 Å². The highest BCUT2D eigenvalue weighted by atomic mass is 16.5. The van der Waals surface area contributed by atoms with Gasteiger partial charge in [-0.3, -0.25) is 0 Å². The van der Waals surface area contributed by atoms with Crippen LogP contribution in [-0.4, -0.2) is 27.8 Å². The highest BCUT2D eigenvalue weighted by Crippen LogP contribution is 2.14. The normalized spacial score (nSPS) is 15.8. The van der Waals surface area contributed by atoms with Crippen molar-refractivity contribution in [1.82, 2.24) is 14.8 Å². The molecule has 76 valence electrons. The molecule has 0 aromatic carbocycles. The average Bonchev–Trinajstić information content (AvgIpc) is 2.46. The number of fused-ring (bicyclic) bond motifs is 1. The number of rotatable bonds is 1. The fraction of sp³-hybridized carbons (Fsp3) is 0.667. The molecule has 2 rings (SSSR count). The molecule has 0 bridgehead atoms. The fourth-order valence-corrected chi connectivity index (χ4v) is 1.73. The Labute approximate surface area is 82.1 Å². The maximum atomic E-state index is 11.3. The van der Waals surface area contributed by atoms with E-state index in [9.17, 15) is 4.79 Å². The summed E-state index contributed by atoms with van der Waals surface area (Å²) >= 11 is 0. The van der Waals surface area contributed by atoms with Crippen LogP contribution in [0.1, 0.15) is 35.7 Å². The smallest absolute Gasteiger partial charge is 0.376 e. The van der Waals surface area contributed by atoms with Crippen molar-refractivity contribution in [2.75, 3.05) is 7.11 Å². The zero-order chi connectivity index (χ0) is 9.97. The van der Waals surface area contributed by atoms with Gasteiger partial charge < -0.3 is 9.30 Å². The molecule has 0 radical (unpaired) electrons. The Morgan fingerprint density at radius 3 is 3.00 bits per heavy atom. The van der Waals surface area contributed by atoms with E-state index < -0.39 is 5.97 Å². The summed E-state index contributed by atoms with van der Waals surface area (Å²) in [7, 11) is 1.36. The largest absolute Gasteiger partial charge is 0.463 e. The van der Waals surface area contributed by atoms with Gasteiger partial charge in [-0.25, -0.2) is 4.79 Å². The molecule has 0 N–H and O–H groups in total. The van der Waals surface area contributed by atoms with Gasteiger partial charge in [0.05, 0.1) is 7.11 Å². The van der Waals surface area contributed by atoms with E-state index in [1.807, 2.05) is 4.57 Å². The Morgan fingerprint density at radius 2 is 2.21 bits per heavy atom. The summed E-state index contributed by atoms with van der Waals surface area (Å²) < 4.78 is 6.51. The monoisotopic (exact) mass is 195 g/mol. The van der Waals surface area contributed by atoms with Gasteiger partial charge in [-0.2, -0.15) is 0 Å². The van der Waals surface area contributed by atoms with Crippen molar-refractivity contribution in [3.63, 3.8) is 0 Å². The second-order valence-electron chi connectivity index (χ2n) is 3.39. The minimum absolute atomic E-state index is 0.337. The van der Waals surface area contributed by atoms with Crippen LogP contribution in [0.5, 0.6) is 0 Å². The minimum atomic E-state index is -0.398. The lowest BCUT2D eigenvalue weighted by atomic mass is 10.2. The van der Waals surface area contributed by atoms with E-state index in [4.69, 9.17) is 0 Å². The van der Waals surface area contributed by atoms with Crippen LogP contribution in [0.4, 0.5) is 0 Å². The molecule has 2 heterocycles. The van der Waals surface area contributed by atoms with E-state index in [-0.39, 0.29) is 0 Å². The Balaban J connectivity index is 2.34. The average molecular weight is 195 g/mol. The van der Waals surface area contributed by atoms with Crippen molar-refractivity contribution >= 4 is 5.97 Å². The zero-order valence-corrected chi connectivity index (χ0v) is 8.19. The lowest BCUT2D eigenvalue weighted by Crippen LogP contribution is -2.13. The van der Waals surface area contributed by atoms with E-state index in [2.05, 4.69) is 14.9 Å². The summed E-state index contributed by atoms with van der Waals surface area (Å²) in [6, 6.07) is 0. The highest BCUT2D eigenvalue weighted by Gasteiger charge is 2.20. The number of hydrogen-bond acceptors (Lipinski definition) is 4. The first-order chi connectivity index (χ1) is 6.83. The van der Waals surface area contributed by atoms with E-state index >= 15 is 0 Å². The van der Waals surface area contributed by atoms with Crippen LogP contribution in [0.2, 0.25) is 0 Å². The van der Waals surface area contributed by atoms with Gasteiger partial charge >= 0.3 is 5.97 Å². The van der Waals surface area contributed by atoms with E-state index in [0.29, 0.717) is 5.82 Å². The van der Waals surface area contributed by atoms with Crippen LogP contribution < -0.4 is 0 Å². The predicted octanol–water partition coefficient (Wildman–Crippen LogP) is 0.791. The molecule has 0 unspecified atom stereocenters. The van der Waals surface area contributed by atoms with E-state index in [1.54, 1.807) is 0 Å². The molecule has 1 aliphatic heterocycles. The minimum Gasteiger partial charge on any atom is -0.463 e. The van der Waals surface area contributed by atoms with Crippen LogP contribution in [0, 0.1) is 0 Å². The summed E-state index contributed by atoms with van der Waals surface area (Å²) in [6.45, 7) is 0.826. The first-order valence-corrected chi connectivity index (χ1v) is 4.83. The van der Waals surface area contributed by atoms with Gasteiger partial charge in [0.2, 0.25) is 5.82 Å². The maximum Gasteiger partial charge on any atom is 0.376 e. The molecule has 0 fully saturated rings. The molecule has 5 heteroatoms. The predicted molar refractivity (Wildman–Crippen MR) is 48.9 cm³/mol. The molecule has 1 aromatic rings.